The molecule has 2 N–H and O–H groups in total. The number of hydrogen-bond donors (Lipinski definition) is 2. The third kappa shape index (κ3) is 2.51. The number of benzene rings is 1. The summed E-state index contributed by atoms with van der Waals surface area (Å²) in [5.74, 6) is 0. The fourth-order valence-corrected chi connectivity index (χ4v) is 3.94. The smallest absolute Gasteiger partial charge is 0.298 e. The molecule has 3 aromatic rings. The van der Waals surface area contributed by atoms with E-state index < -0.39 is 6.10 Å². The van der Waals surface area contributed by atoms with Crippen LogP contribution in [0, 0.1) is 0 Å². The summed E-state index contributed by atoms with van der Waals surface area (Å²) in [7, 11) is 0. The third-order valence-corrected chi connectivity index (χ3v) is 5.20. The summed E-state index contributed by atoms with van der Waals surface area (Å²) in [6.07, 6.45) is 5.45. The lowest BCUT2D eigenvalue weighted by Gasteiger charge is -2.31. The zero-order valence-electron chi connectivity index (χ0n) is 14.1. The van der Waals surface area contributed by atoms with E-state index in [-0.39, 0.29) is 0 Å². The number of hydrogen-bond acceptors (Lipinski definition) is 6. The summed E-state index contributed by atoms with van der Waals surface area (Å²) in [6, 6.07) is 7.38. The van der Waals surface area contributed by atoms with Gasteiger partial charge in [0.15, 0.2) is 5.58 Å². The maximum absolute atomic E-state index is 10.0. The SMILES string of the molecule is CC(O)c1cc(-n2cccn2)c2oc(N3CC4CCC(C3)N4)nc2c1. The molecule has 7 heteroatoms. The third-order valence-electron chi connectivity index (χ3n) is 5.20. The molecule has 1 aromatic carbocycles. The Hall–Kier alpha value is -2.38. The molecule has 0 amide bonds. The van der Waals surface area contributed by atoms with Gasteiger partial charge in [0.2, 0.25) is 0 Å². The molecule has 25 heavy (non-hydrogen) atoms. The molecule has 2 aliphatic rings. The first-order chi connectivity index (χ1) is 12.2. The summed E-state index contributed by atoms with van der Waals surface area (Å²) in [4.78, 5) is 6.96. The van der Waals surface area contributed by atoms with Crippen molar-refractivity contribution in [1.82, 2.24) is 20.1 Å². The molecule has 0 radical (unpaired) electrons. The average Bonchev–Trinajstić information content (AvgIpc) is 3.33. The zero-order chi connectivity index (χ0) is 17.0. The number of oxazole rings is 1. The van der Waals surface area contributed by atoms with E-state index in [2.05, 4.69) is 15.3 Å². The van der Waals surface area contributed by atoms with E-state index >= 15 is 0 Å². The molecule has 2 fully saturated rings. The Kier molecular flexibility index (Phi) is 3.33. The molecule has 0 spiro atoms. The Labute approximate surface area is 145 Å². The molecular formula is C18H21N5O2. The number of rotatable bonds is 3. The molecule has 130 valence electrons. The van der Waals surface area contributed by atoms with Gasteiger partial charge in [-0.05, 0) is 43.5 Å². The van der Waals surface area contributed by atoms with Gasteiger partial charge in [0.05, 0.1) is 6.10 Å². The second-order valence-corrected chi connectivity index (χ2v) is 7.05. The molecule has 2 aliphatic heterocycles. The number of nitrogens with one attached hydrogen (secondary N) is 1. The van der Waals surface area contributed by atoms with Crippen LogP contribution in [0.15, 0.2) is 35.0 Å². The summed E-state index contributed by atoms with van der Waals surface area (Å²) in [6.45, 7) is 3.59. The van der Waals surface area contributed by atoms with Crippen molar-refractivity contribution in [2.75, 3.05) is 18.0 Å². The van der Waals surface area contributed by atoms with Crippen molar-refractivity contribution in [2.24, 2.45) is 0 Å². The van der Waals surface area contributed by atoms with Crippen LogP contribution < -0.4 is 10.2 Å². The van der Waals surface area contributed by atoms with Crippen molar-refractivity contribution in [3.05, 3.63) is 36.2 Å². The minimum Gasteiger partial charge on any atom is -0.421 e. The molecule has 2 aromatic heterocycles. The van der Waals surface area contributed by atoms with Crippen LogP contribution in [-0.2, 0) is 0 Å². The Bertz CT molecular complexity index is 890. The van der Waals surface area contributed by atoms with Crippen LogP contribution >= 0.6 is 0 Å². The van der Waals surface area contributed by atoms with E-state index in [4.69, 9.17) is 9.40 Å². The van der Waals surface area contributed by atoms with Gasteiger partial charge in [-0.3, -0.25) is 0 Å². The Morgan fingerprint density at radius 2 is 2.08 bits per heavy atom. The normalized spacial score (nSPS) is 24.2. The molecular weight excluding hydrogens is 318 g/mol. The van der Waals surface area contributed by atoms with Crippen LogP contribution in [0.2, 0.25) is 0 Å². The molecule has 0 saturated carbocycles. The van der Waals surface area contributed by atoms with Gasteiger partial charge in [0, 0.05) is 37.6 Å². The van der Waals surface area contributed by atoms with E-state index in [0.717, 1.165) is 29.9 Å². The standard InChI is InChI=1S/C18H21N5O2/c1-11(24)12-7-15-17(16(8-12)23-6-2-5-19-23)25-18(21-15)22-9-13-3-4-14(10-22)20-13/h2,5-8,11,13-14,20,24H,3-4,9-10H2,1H3. The molecule has 2 saturated heterocycles. The van der Waals surface area contributed by atoms with Crippen LogP contribution in [0.5, 0.6) is 0 Å². The predicted molar refractivity (Wildman–Crippen MR) is 93.9 cm³/mol. The van der Waals surface area contributed by atoms with Crippen molar-refractivity contribution in [1.29, 1.82) is 0 Å². The van der Waals surface area contributed by atoms with E-state index in [1.807, 2.05) is 24.4 Å². The highest BCUT2D eigenvalue weighted by Gasteiger charge is 2.34. The topological polar surface area (TPSA) is 79.3 Å². The molecule has 4 heterocycles. The lowest BCUT2D eigenvalue weighted by Crippen LogP contribution is -2.51. The van der Waals surface area contributed by atoms with Gasteiger partial charge in [-0.2, -0.15) is 10.1 Å². The minimum atomic E-state index is -0.575. The van der Waals surface area contributed by atoms with Gasteiger partial charge >= 0.3 is 0 Å². The first kappa shape index (κ1) is 14.9. The first-order valence-corrected chi connectivity index (χ1v) is 8.81. The molecule has 0 aliphatic carbocycles. The van der Waals surface area contributed by atoms with Crippen molar-refractivity contribution in [3.8, 4) is 5.69 Å². The van der Waals surface area contributed by atoms with Crippen molar-refractivity contribution >= 4 is 17.1 Å². The Morgan fingerprint density at radius 3 is 2.76 bits per heavy atom. The van der Waals surface area contributed by atoms with E-state index in [9.17, 15) is 5.11 Å². The molecule has 3 atom stereocenters. The number of aromatic nitrogens is 3. The largest absolute Gasteiger partial charge is 0.421 e. The second kappa shape index (κ2) is 5.57. The van der Waals surface area contributed by atoms with Crippen molar-refractivity contribution in [3.63, 3.8) is 0 Å². The summed E-state index contributed by atoms with van der Waals surface area (Å²) >= 11 is 0. The van der Waals surface area contributed by atoms with E-state index in [1.165, 1.54) is 12.8 Å². The molecule has 7 nitrogen and oxygen atoms in total. The summed E-state index contributed by atoms with van der Waals surface area (Å²) in [5.41, 5.74) is 3.06. The van der Waals surface area contributed by atoms with Crippen LogP contribution in [0.4, 0.5) is 6.01 Å². The maximum atomic E-state index is 10.0. The van der Waals surface area contributed by atoms with Crippen molar-refractivity contribution < 1.29 is 9.52 Å². The molecule has 5 rings (SSSR count). The number of fused-ring (bicyclic) bond motifs is 3. The first-order valence-electron chi connectivity index (χ1n) is 8.81. The van der Waals surface area contributed by atoms with Crippen LogP contribution in [-0.4, -0.2) is 45.0 Å². The lowest BCUT2D eigenvalue weighted by molar-refractivity contribution is 0.199. The molecule has 3 unspecified atom stereocenters. The predicted octanol–water partition coefficient (Wildman–Crippen LogP) is 2.01. The Morgan fingerprint density at radius 1 is 1.28 bits per heavy atom. The number of piperazine rings is 1. The van der Waals surface area contributed by atoms with Crippen LogP contribution in [0.1, 0.15) is 31.4 Å². The zero-order valence-corrected chi connectivity index (χ0v) is 14.1. The highest BCUT2D eigenvalue weighted by Crippen LogP contribution is 2.32. The fraction of sp³-hybridized carbons (Fsp3) is 0.444. The quantitative estimate of drug-likeness (QED) is 0.760. The number of aliphatic hydroxyl groups excluding tert-OH is 1. The van der Waals surface area contributed by atoms with Crippen LogP contribution in [0.25, 0.3) is 16.8 Å². The number of anilines is 1. The van der Waals surface area contributed by atoms with Gasteiger partial charge in [-0.15, -0.1) is 0 Å². The highest BCUT2D eigenvalue weighted by atomic mass is 16.4. The van der Waals surface area contributed by atoms with Gasteiger partial charge in [-0.1, -0.05) is 0 Å². The Balaban J connectivity index is 1.62. The number of aliphatic hydroxyl groups is 1. The molecule has 2 bridgehead atoms. The minimum absolute atomic E-state index is 0.521. The number of nitrogens with zero attached hydrogens (tertiary/aromatic N) is 4. The summed E-state index contributed by atoms with van der Waals surface area (Å²) in [5, 5.41) is 18.0. The van der Waals surface area contributed by atoms with Gasteiger partial charge in [0.1, 0.15) is 11.2 Å². The van der Waals surface area contributed by atoms with Gasteiger partial charge in [0.25, 0.3) is 6.01 Å². The monoisotopic (exact) mass is 339 g/mol. The lowest BCUT2D eigenvalue weighted by atomic mass is 10.1. The summed E-state index contributed by atoms with van der Waals surface area (Å²) < 4.78 is 7.92. The van der Waals surface area contributed by atoms with Gasteiger partial charge < -0.3 is 19.7 Å². The van der Waals surface area contributed by atoms with Crippen molar-refractivity contribution in [2.45, 2.75) is 38.0 Å². The average molecular weight is 339 g/mol. The van der Waals surface area contributed by atoms with Gasteiger partial charge in [-0.25, -0.2) is 4.68 Å². The maximum Gasteiger partial charge on any atom is 0.298 e. The van der Waals surface area contributed by atoms with E-state index in [1.54, 1.807) is 17.8 Å². The fourth-order valence-electron chi connectivity index (χ4n) is 3.94. The van der Waals surface area contributed by atoms with Crippen LogP contribution in [0.3, 0.4) is 0 Å². The second-order valence-electron chi connectivity index (χ2n) is 7.05. The van der Waals surface area contributed by atoms with E-state index in [0.29, 0.717) is 23.7 Å². The highest BCUT2D eigenvalue weighted by molar-refractivity contribution is 5.84.